The van der Waals surface area contributed by atoms with E-state index >= 15 is 0 Å². The summed E-state index contributed by atoms with van der Waals surface area (Å²) in [6, 6.07) is -0.539. The van der Waals surface area contributed by atoms with E-state index in [9.17, 15) is 4.57 Å². The Labute approximate surface area is 97.5 Å². The second-order valence-electron chi connectivity index (χ2n) is 4.22. The molecule has 8 heteroatoms. The summed E-state index contributed by atoms with van der Waals surface area (Å²) in [6.07, 6.45) is -0.234. The van der Waals surface area contributed by atoms with Crippen molar-refractivity contribution >= 4 is 22.9 Å². The fourth-order valence-electron chi connectivity index (χ4n) is 2.18. The fraction of sp³-hybridized carbons (Fsp3) is 1.00. The maximum Gasteiger partial charge on any atom is 0.263 e. The zero-order valence-electron chi connectivity index (χ0n) is 9.29. The molecular formula is C8H13B2O5P. The van der Waals surface area contributed by atoms with Gasteiger partial charge in [-0.2, -0.15) is 0 Å². The van der Waals surface area contributed by atoms with Crippen molar-refractivity contribution in [1.29, 1.82) is 0 Å². The average molecular weight is 242 g/mol. The Bertz CT molecular complexity index is 314. The van der Waals surface area contributed by atoms with Crippen LogP contribution in [-0.2, 0) is 23.1 Å². The van der Waals surface area contributed by atoms with Crippen LogP contribution in [-0.4, -0.2) is 53.4 Å². The number of rotatable bonds is 1. The summed E-state index contributed by atoms with van der Waals surface area (Å²) in [4.78, 5) is 0. The second kappa shape index (κ2) is 4.14. The van der Waals surface area contributed by atoms with Gasteiger partial charge in [0, 0.05) is 19.0 Å². The van der Waals surface area contributed by atoms with Crippen LogP contribution >= 0.6 is 7.47 Å². The Kier molecular flexibility index (Phi) is 3.28. The summed E-state index contributed by atoms with van der Waals surface area (Å²) in [5.74, 6) is -0.0206. The van der Waals surface area contributed by atoms with Gasteiger partial charge in [-0.05, 0) is 0 Å². The van der Waals surface area contributed by atoms with Gasteiger partial charge in [-0.3, -0.25) is 4.57 Å². The van der Waals surface area contributed by atoms with Crippen molar-refractivity contribution in [1.82, 2.24) is 0 Å². The van der Waals surface area contributed by atoms with E-state index in [-0.39, 0.29) is 25.2 Å². The van der Waals surface area contributed by atoms with Gasteiger partial charge in [-0.25, -0.2) is 0 Å². The highest BCUT2D eigenvalue weighted by molar-refractivity contribution is 7.79. The third kappa shape index (κ3) is 2.00. The molecule has 2 rings (SSSR count). The Morgan fingerprint density at radius 3 is 2.44 bits per heavy atom. The largest absolute Gasteiger partial charge is 0.379 e. The van der Waals surface area contributed by atoms with E-state index in [2.05, 4.69) is 0 Å². The van der Waals surface area contributed by atoms with Crippen LogP contribution in [0, 0.1) is 5.92 Å². The lowest BCUT2D eigenvalue weighted by atomic mass is 9.83. The van der Waals surface area contributed by atoms with Crippen LogP contribution in [0.5, 0.6) is 0 Å². The van der Waals surface area contributed by atoms with Crippen molar-refractivity contribution in [3.8, 4) is 0 Å². The molecule has 0 bridgehead atoms. The summed E-state index contributed by atoms with van der Waals surface area (Å²) in [6.45, 7) is 2.14. The molecule has 2 aliphatic rings. The molecule has 0 aromatic carbocycles. The molecule has 3 atom stereocenters. The minimum atomic E-state index is -3.40. The van der Waals surface area contributed by atoms with Crippen molar-refractivity contribution in [3.63, 3.8) is 0 Å². The van der Waals surface area contributed by atoms with E-state index in [0.717, 1.165) is 0 Å². The molecule has 2 fully saturated rings. The minimum Gasteiger partial charge on any atom is -0.379 e. The summed E-state index contributed by atoms with van der Waals surface area (Å²) in [7, 11) is 9.23. The molecule has 0 aliphatic carbocycles. The molecule has 1 spiro atoms. The zero-order chi connectivity index (χ0) is 12.0. The van der Waals surface area contributed by atoms with Gasteiger partial charge < -0.3 is 18.5 Å². The van der Waals surface area contributed by atoms with Crippen LogP contribution in [0.4, 0.5) is 0 Å². The van der Waals surface area contributed by atoms with E-state index in [1.165, 1.54) is 0 Å². The zero-order valence-corrected chi connectivity index (χ0v) is 10.2. The highest BCUT2D eigenvalue weighted by Crippen LogP contribution is 2.52. The molecule has 0 saturated carbocycles. The smallest absolute Gasteiger partial charge is 0.263 e. The predicted molar refractivity (Wildman–Crippen MR) is 58.6 cm³/mol. The van der Waals surface area contributed by atoms with Crippen molar-refractivity contribution in [2.24, 2.45) is 5.92 Å². The monoisotopic (exact) mass is 242 g/mol. The normalized spacial score (nSPS) is 53.2. The van der Waals surface area contributed by atoms with Crippen LogP contribution in [0.25, 0.3) is 0 Å². The lowest BCUT2D eigenvalue weighted by Gasteiger charge is -2.38. The molecule has 0 amide bonds. The number of methoxy groups -OCH3 is 1. The van der Waals surface area contributed by atoms with Crippen LogP contribution in [0.3, 0.4) is 0 Å². The first-order valence-electron chi connectivity index (χ1n) is 5.04. The van der Waals surface area contributed by atoms with Crippen LogP contribution < -0.4 is 0 Å². The highest BCUT2D eigenvalue weighted by Gasteiger charge is 2.54. The third-order valence-corrected chi connectivity index (χ3v) is 4.25. The minimum absolute atomic E-state index is 0.0206. The molecular weight excluding hydrogens is 229 g/mol. The third-order valence-electron chi connectivity index (χ3n) is 3.27. The van der Waals surface area contributed by atoms with Crippen molar-refractivity contribution in [3.05, 3.63) is 0 Å². The molecule has 2 saturated heterocycles. The standard InChI is InChI=1S/C8H13B2O5P/c1-5-6(12-2)7(9)15-8(5)3-13-16(10,11)14-4-8/h5-7H,3-4H2,1-2H3/t5-,6?,7-,8?,16?/m1/s1. The topological polar surface area (TPSA) is 54.0 Å². The van der Waals surface area contributed by atoms with E-state index in [0.29, 0.717) is 0 Å². The van der Waals surface area contributed by atoms with Crippen LogP contribution in [0.2, 0.25) is 0 Å². The molecule has 2 aliphatic heterocycles. The van der Waals surface area contributed by atoms with Crippen LogP contribution in [0.1, 0.15) is 6.92 Å². The first-order valence-corrected chi connectivity index (χ1v) is 6.65. The van der Waals surface area contributed by atoms with Gasteiger partial charge in [0.15, 0.2) is 0 Å². The van der Waals surface area contributed by atoms with Gasteiger partial charge in [0.1, 0.15) is 13.4 Å². The number of hydrogen-bond donors (Lipinski definition) is 0. The molecule has 2 heterocycles. The van der Waals surface area contributed by atoms with E-state index in [1.54, 1.807) is 7.11 Å². The Morgan fingerprint density at radius 2 is 2.00 bits per heavy atom. The van der Waals surface area contributed by atoms with Gasteiger partial charge in [-0.15, -0.1) is 0 Å². The maximum atomic E-state index is 11.3. The van der Waals surface area contributed by atoms with Gasteiger partial charge in [0.2, 0.25) is 7.57 Å². The molecule has 1 unspecified atom stereocenters. The van der Waals surface area contributed by atoms with Gasteiger partial charge in [-0.1, -0.05) is 6.92 Å². The lowest BCUT2D eigenvalue weighted by Crippen LogP contribution is -2.48. The molecule has 16 heavy (non-hydrogen) atoms. The van der Waals surface area contributed by atoms with Crippen LogP contribution in [0.15, 0.2) is 0 Å². The average Bonchev–Trinajstić information content (AvgIpc) is 2.45. The van der Waals surface area contributed by atoms with E-state index in [1.807, 2.05) is 6.92 Å². The quantitative estimate of drug-likeness (QED) is 0.486. The summed E-state index contributed by atoms with van der Waals surface area (Å²) < 4.78 is 32.2. The molecule has 0 aromatic heterocycles. The van der Waals surface area contributed by atoms with Crippen molar-refractivity contribution in [2.45, 2.75) is 24.6 Å². The second-order valence-corrected chi connectivity index (χ2v) is 5.82. The molecule has 0 N–H and O–H groups in total. The molecule has 4 radical (unpaired) electrons. The lowest BCUT2D eigenvalue weighted by molar-refractivity contribution is -0.110. The molecule has 0 aromatic rings. The molecule has 5 nitrogen and oxygen atoms in total. The fourth-order valence-corrected chi connectivity index (χ4v) is 3.05. The van der Waals surface area contributed by atoms with E-state index in [4.69, 9.17) is 33.9 Å². The predicted octanol–water partition coefficient (Wildman–Crippen LogP) is 0.224. The number of ether oxygens (including phenoxy) is 2. The first-order chi connectivity index (χ1) is 7.40. The van der Waals surface area contributed by atoms with Crippen molar-refractivity contribution < 1.29 is 23.1 Å². The molecule has 86 valence electrons. The Balaban J connectivity index is 2.13. The highest BCUT2D eigenvalue weighted by atomic mass is 31.2. The summed E-state index contributed by atoms with van der Waals surface area (Å²) in [5.41, 5.74) is -0.715. The van der Waals surface area contributed by atoms with E-state index < -0.39 is 19.1 Å². The Hall–Kier alpha value is 0.200. The van der Waals surface area contributed by atoms with Gasteiger partial charge in [0.05, 0.1) is 19.3 Å². The Morgan fingerprint density at radius 1 is 1.44 bits per heavy atom. The SMILES string of the molecule is [B][C@@H]1OC2(COP([B])(=O)OC2)[C@H](C)C1OC. The summed E-state index contributed by atoms with van der Waals surface area (Å²) in [5, 5.41) is 0. The first kappa shape index (κ1) is 12.7. The van der Waals surface area contributed by atoms with Gasteiger partial charge in [0.25, 0.3) is 7.47 Å². The maximum absolute atomic E-state index is 11.3. The van der Waals surface area contributed by atoms with Gasteiger partial charge >= 0.3 is 0 Å². The number of hydrogen-bond acceptors (Lipinski definition) is 5. The summed E-state index contributed by atoms with van der Waals surface area (Å²) >= 11 is 0. The van der Waals surface area contributed by atoms with Crippen molar-refractivity contribution in [2.75, 3.05) is 20.3 Å².